The van der Waals surface area contributed by atoms with E-state index < -0.39 is 0 Å². The molecule has 88 valence electrons. The van der Waals surface area contributed by atoms with Crippen molar-refractivity contribution in [3.8, 4) is 11.3 Å². The van der Waals surface area contributed by atoms with Gasteiger partial charge in [0.1, 0.15) is 5.76 Å². The predicted octanol–water partition coefficient (Wildman–Crippen LogP) is 4.22. The Kier molecular flexibility index (Phi) is 2.76. The van der Waals surface area contributed by atoms with Gasteiger partial charge in [0.15, 0.2) is 0 Å². The van der Waals surface area contributed by atoms with Crippen LogP contribution in [-0.2, 0) is 0 Å². The summed E-state index contributed by atoms with van der Waals surface area (Å²) in [6, 6.07) is 17.0. The molecule has 3 rings (SSSR count). The molecule has 0 aliphatic rings. The van der Waals surface area contributed by atoms with Gasteiger partial charge in [0.05, 0.1) is 5.39 Å². The lowest BCUT2D eigenvalue weighted by Gasteiger charge is -2.02. The Morgan fingerprint density at radius 2 is 1.78 bits per heavy atom. The zero-order valence-electron chi connectivity index (χ0n) is 9.39. The summed E-state index contributed by atoms with van der Waals surface area (Å²) < 4.78 is 6.31. The average Bonchev–Trinajstić information content (AvgIpc) is 2.39. The average molecular weight is 301 g/mol. The van der Waals surface area contributed by atoms with E-state index in [1.807, 2.05) is 48.5 Å². The lowest BCUT2D eigenvalue weighted by Crippen LogP contribution is -1.99. The van der Waals surface area contributed by atoms with Gasteiger partial charge in [-0.2, -0.15) is 0 Å². The number of fused-ring (bicyclic) bond motifs is 1. The summed E-state index contributed by atoms with van der Waals surface area (Å²) >= 11 is 3.41. The molecule has 2 nitrogen and oxygen atoms in total. The molecule has 0 aliphatic heterocycles. The fourth-order valence-corrected chi connectivity index (χ4v) is 2.32. The van der Waals surface area contributed by atoms with E-state index in [0.29, 0.717) is 11.1 Å². The van der Waals surface area contributed by atoms with Gasteiger partial charge in [0.25, 0.3) is 0 Å². The van der Waals surface area contributed by atoms with E-state index in [-0.39, 0.29) is 5.63 Å². The number of hydrogen-bond acceptors (Lipinski definition) is 2. The summed E-state index contributed by atoms with van der Waals surface area (Å²) in [5, 5.41) is 1.50. The largest absolute Gasteiger partial charge is 0.422 e. The Bertz CT molecular complexity index is 775. The highest BCUT2D eigenvalue weighted by Gasteiger charge is 2.06. The van der Waals surface area contributed by atoms with Crippen LogP contribution in [0.5, 0.6) is 0 Å². The third kappa shape index (κ3) is 1.97. The van der Waals surface area contributed by atoms with Crippen molar-refractivity contribution in [2.45, 2.75) is 0 Å². The van der Waals surface area contributed by atoms with Crippen LogP contribution in [0.4, 0.5) is 0 Å². The summed E-state index contributed by atoms with van der Waals surface area (Å²) in [6.07, 6.45) is 0. The third-order valence-electron chi connectivity index (χ3n) is 2.78. The Morgan fingerprint density at radius 3 is 2.61 bits per heavy atom. The van der Waals surface area contributed by atoms with E-state index in [1.54, 1.807) is 6.07 Å². The molecule has 1 heterocycles. The van der Waals surface area contributed by atoms with Crippen LogP contribution in [0.15, 0.2) is 68.3 Å². The highest BCUT2D eigenvalue weighted by Crippen LogP contribution is 2.24. The van der Waals surface area contributed by atoms with Crippen molar-refractivity contribution in [1.29, 1.82) is 0 Å². The van der Waals surface area contributed by atoms with Gasteiger partial charge >= 0.3 is 5.63 Å². The molecule has 0 unspecified atom stereocenters. The van der Waals surface area contributed by atoms with Gasteiger partial charge in [-0.05, 0) is 29.7 Å². The van der Waals surface area contributed by atoms with Gasteiger partial charge in [-0.25, -0.2) is 4.79 Å². The molecule has 2 aromatic carbocycles. The van der Waals surface area contributed by atoms with Crippen molar-refractivity contribution < 1.29 is 4.42 Å². The number of halogens is 1. The highest BCUT2D eigenvalue weighted by atomic mass is 79.9. The Balaban J connectivity index is 2.28. The van der Waals surface area contributed by atoms with Crippen molar-refractivity contribution in [2.24, 2.45) is 0 Å². The zero-order valence-corrected chi connectivity index (χ0v) is 11.0. The van der Waals surface area contributed by atoms with Crippen LogP contribution in [0.1, 0.15) is 0 Å². The van der Waals surface area contributed by atoms with Gasteiger partial charge in [-0.1, -0.05) is 46.3 Å². The van der Waals surface area contributed by atoms with Crippen LogP contribution in [0, 0.1) is 0 Å². The van der Waals surface area contributed by atoms with Crippen molar-refractivity contribution in [2.75, 3.05) is 0 Å². The molecule has 1 aromatic heterocycles. The van der Waals surface area contributed by atoms with Crippen molar-refractivity contribution in [3.05, 3.63) is 69.5 Å². The third-order valence-corrected chi connectivity index (χ3v) is 3.27. The molecular weight excluding hydrogens is 292 g/mol. The molecule has 0 bridgehead atoms. The van der Waals surface area contributed by atoms with Crippen LogP contribution in [0.2, 0.25) is 0 Å². The first-order valence-electron chi connectivity index (χ1n) is 5.53. The molecule has 0 aliphatic carbocycles. The molecule has 18 heavy (non-hydrogen) atoms. The maximum atomic E-state index is 11.9. The Hall–Kier alpha value is -1.87. The van der Waals surface area contributed by atoms with Crippen LogP contribution in [0.3, 0.4) is 0 Å². The second-order valence-electron chi connectivity index (χ2n) is 4.00. The van der Waals surface area contributed by atoms with Crippen LogP contribution in [-0.4, -0.2) is 0 Å². The van der Waals surface area contributed by atoms with Crippen LogP contribution in [0.25, 0.3) is 22.1 Å². The maximum Gasteiger partial charge on any atom is 0.344 e. The zero-order chi connectivity index (χ0) is 12.5. The lowest BCUT2D eigenvalue weighted by molar-refractivity contribution is 0.534. The normalized spacial score (nSPS) is 10.7. The van der Waals surface area contributed by atoms with E-state index in [1.165, 1.54) is 0 Å². The summed E-state index contributed by atoms with van der Waals surface area (Å²) in [5.41, 5.74) is 0.579. The van der Waals surface area contributed by atoms with Gasteiger partial charge in [0.2, 0.25) is 0 Å². The fourth-order valence-electron chi connectivity index (χ4n) is 1.92. The van der Waals surface area contributed by atoms with E-state index in [4.69, 9.17) is 4.42 Å². The molecule has 0 amide bonds. The first-order chi connectivity index (χ1) is 8.74. The molecular formula is C15H9BrO2. The SMILES string of the molecule is O=c1oc(-c2cccc(Br)c2)cc2ccccc12. The van der Waals surface area contributed by atoms with E-state index in [0.717, 1.165) is 15.4 Å². The van der Waals surface area contributed by atoms with Crippen LogP contribution < -0.4 is 5.63 Å². The minimum Gasteiger partial charge on any atom is -0.422 e. The topological polar surface area (TPSA) is 30.2 Å². The quantitative estimate of drug-likeness (QED) is 0.673. The van der Waals surface area contributed by atoms with Gasteiger partial charge in [-0.15, -0.1) is 0 Å². The second-order valence-corrected chi connectivity index (χ2v) is 4.91. The van der Waals surface area contributed by atoms with E-state index in [2.05, 4.69) is 15.9 Å². The molecule has 3 aromatic rings. The Labute approximate surface area is 112 Å². The lowest BCUT2D eigenvalue weighted by atomic mass is 10.1. The predicted molar refractivity (Wildman–Crippen MR) is 75.6 cm³/mol. The standard InChI is InChI=1S/C15H9BrO2/c16-12-6-3-5-11(8-12)14-9-10-4-1-2-7-13(10)15(17)18-14/h1-9H. The summed E-state index contributed by atoms with van der Waals surface area (Å²) in [5.74, 6) is 0.583. The fraction of sp³-hybridized carbons (Fsp3) is 0. The summed E-state index contributed by atoms with van der Waals surface area (Å²) in [4.78, 5) is 11.9. The first kappa shape index (κ1) is 11.2. The number of rotatable bonds is 1. The van der Waals surface area contributed by atoms with Gasteiger partial charge in [0, 0.05) is 10.0 Å². The minimum atomic E-state index is -0.303. The van der Waals surface area contributed by atoms with Crippen molar-refractivity contribution in [1.82, 2.24) is 0 Å². The minimum absolute atomic E-state index is 0.303. The van der Waals surface area contributed by atoms with Crippen LogP contribution >= 0.6 is 15.9 Å². The van der Waals surface area contributed by atoms with Crippen molar-refractivity contribution in [3.63, 3.8) is 0 Å². The van der Waals surface area contributed by atoms with Gasteiger partial charge in [-0.3, -0.25) is 0 Å². The molecule has 0 spiro atoms. The second kappa shape index (κ2) is 4.42. The monoisotopic (exact) mass is 300 g/mol. The highest BCUT2D eigenvalue weighted by molar-refractivity contribution is 9.10. The summed E-state index contributed by atoms with van der Waals surface area (Å²) in [7, 11) is 0. The summed E-state index contributed by atoms with van der Waals surface area (Å²) in [6.45, 7) is 0. The smallest absolute Gasteiger partial charge is 0.344 e. The van der Waals surface area contributed by atoms with Crippen molar-refractivity contribution >= 4 is 26.7 Å². The molecule has 0 N–H and O–H groups in total. The maximum absolute atomic E-state index is 11.9. The van der Waals surface area contributed by atoms with E-state index >= 15 is 0 Å². The molecule has 0 saturated heterocycles. The molecule has 3 heteroatoms. The Morgan fingerprint density at radius 1 is 0.944 bits per heavy atom. The number of benzene rings is 2. The first-order valence-corrected chi connectivity index (χ1v) is 6.32. The molecule has 0 fully saturated rings. The van der Waals surface area contributed by atoms with Gasteiger partial charge < -0.3 is 4.42 Å². The molecule has 0 radical (unpaired) electrons. The molecule has 0 atom stereocenters. The molecule has 0 saturated carbocycles. The van der Waals surface area contributed by atoms with E-state index in [9.17, 15) is 4.79 Å². The number of hydrogen-bond donors (Lipinski definition) is 0.